The average Bonchev–Trinajstić information content (AvgIpc) is 3.64. The molecule has 0 N–H and O–H groups in total. The Hall–Kier alpha value is -7.68. The summed E-state index contributed by atoms with van der Waals surface area (Å²) in [6.07, 6.45) is 0. The maximum Gasteiger partial charge on any atom is 0.0546 e. The molecule has 0 aliphatic carbocycles. The third-order valence-corrected chi connectivity index (χ3v) is 11.6. The van der Waals surface area contributed by atoms with Gasteiger partial charge in [0.1, 0.15) is 0 Å². The Morgan fingerprint density at radius 3 is 1.59 bits per heavy atom. The van der Waals surface area contributed by atoms with E-state index in [-0.39, 0.29) is 0 Å². The topological polar surface area (TPSA) is 8.17 Å². The Balaban J connectivity index is 1.10. The molecule has 58 heavy (non-hydrogen) atoms. The second-order valence-corrected chi connectivity index (χ2v) is 14.9. The van der Waals surface area contributed by atoms with Crippen LogP contribution in [0.25, 0.3) is 82.4 Å². The number of anilines is 3. The number of fused-ring (bicyclic) bond motifs is 6. The molecule has 0 unspecified atom stereocenters. The van der Waals surface area contributed by atoms with Crippen LogP contribution in [0.5, 0.6) is 0 Å². The maximum absolute atomic E-state index is 2.44. The molecule has 0 radical (unpaired) electrons. The van der Waals surface area contributed by atoms with Crippen molar-refractivity contribution < 1.29 is 0 Å². The van der Waals surface area contributed by atoms with Crippen molar-refractivity contribution in [2.24, 2.45) is 0 Å². The Bertz CT molecular complexity index is 3250. The van der Waals surface area contributed by atoms with E-state index in [1.165, 1.54) is 76.7 Å². The number of hydrogen-bond donors (Lipinski definition) is 0. The van der Waals surface area contributed by atoms with Crippen LogP contribution in [0.3, 0.4) is 0 Å². The van der Waals surface area contributed by atoms with Crippen molar-refractivity contribution in [3.8, 4) is 39.1 Å². The van der Waals surface area contributed by atoms with E-state index < -0.39 is 0 Å². The Labute approximate surface area is 338 Å². The highest BCUT2D eigenvalue weighted by atomic mass is 15.1. The van der Waals surface area contributed by atoms with Crippen molar-refractivity contribution in [2.45, 2.75) is 0 Å². The molecule has 272 valence electrons. The van der Waals surface area contributed by atoms with Gasteiger partial charge in [-0.2, -0.15) is 0 Å². The molecule has 2 heteroatoms. The number of aromatic nitrogens is 1. The van der Waals surface area contributed by atoms with Crippen molar-refractivity contribution in [3.05, 3.63) is 231 Å². The van der Waals surface area contributed by atoms with Crippen LogP contribution in [0.15, 0.2) is 231 Å². The summed E-state index contributed by atoms with van der Waals surface area (Å²) in [7, 11) is 0. The largest absolute Gasteiger partial charge is 0.310 e. The van der Waals surface area contributed by atoms with Crippen LogP contribution in [-0.2, 0) is 0 Å². The fraction of sp³-hybridized carbons (Fsp3) is 0. The number of para-hydroxylation sites is 2. The first-order valence-electron chi connectivity index (χ1n) is 19.9. The molecule has 10 aromatic carbocycles. The van der Waals surface area contributed by atoms with Gasteiger partial charge >= 0.3 is 0 Å². The molecule has 0 atom stereocenters. The highest BCUT2D eigenvalue weighted by molar-refractivity contribution is 6.15. The lowest BCUT2D eigenvalue weighted by Gasteiger charge is -2.28. The van der Waals surface area contributed by atoms with Gasteiger partial charge < -0.3 is 9.47 Å². The second kappa shape index (κ2) is 14.1. The molecular weight excluding hydrogens is 701 g/mol. The van der Waals surface area contributed by atoms with Crippen molar-refractivity contribution in [3.63, 3.8) is 0 Å². The third kappa shape index (κ3) is 5.74. The van der Waals surface area contributed by atoms with Crippen LogP contribution in [0.2, 0.25) is 0 Å². The first kappa shape index (κ1) is 33.6. The van der Waals surface area contributed by atoms with Crippen LogP contribution in [-0.4, -0.2) is 4.57 Å². The van der Waals surface area contributed by atoms with Crippen molar-refractivity contribution in [2.75, 3.05) is 4.90 Å². The molecule has 2 nitrogen and oxygen atoms in total. The Morgan fingerprint density at radius 1 is 0.293 bits per heavy atom. The highest BCUT2D eigenvalue weighted by Gasteiger charge is 2.20. The maximum atomic E-state index is 2.44. The molecule has 0 spiro atoms. The lowest BCUT2D eigenvalue weighted by atomic mass is 9.91. The number of hydrogen-bond acceptors (Lipinski definition) is 1. The summed E-state index contributed by atoms with van der Waals surface area (Å²) >= 11 is 0. The van der Waals surface area contributed by atoms with Crippen LogP contribution >= 0.6 is 0 Å². The fourth-order valence-corrected chi connectivity index (χ4v) is 8.85. The van der Waals surface area contributed by atoms with Gasteiger partial charge in [-0.3, -0.25) is 0 Å². The van der Waals surface area contributed by atoms with Crippen LogP contribution in [0.1, 0.15) is 0 Å². The summed E-state index contributed by atoms with van der Waals surface area (Å²) in [5, 5.41) is 7.37. The summed E-state index contributed by atoms with van der Waals surface area (Å²) < 4.78 is 2.38. The van der Waals surface area contributed by atoms with Gasteiger partial charge in [0.25, 0.3) is 0 Å². The monoisotopic (exact) mass is 738 g/mol. The molecule has 1 aromatic heterocycles. The Kier molecular flexibility index (Phi) is 8.19. The smallest absolute Gasteiger partial charge is 0.0546 e. The fourth-order valence-electron chi connectivity index (χ4n) is 8.85. The molecule has 0 aliphatic heterocycles. The minimum absolute atomic E-state index is 1.10. The minimum Gasteiger partial charge on any atom is -0.310 e. The minimum atomic E-state index is 1.10. The van der Waals surface area contributed by atoms with Gasteiger partial charge in [-0.25, -0.2) is 0 Å². The van der Waals surface area contributed by atoms with Gasteiger partial charge in [-0.05, 0) is 110 Å². The number of nitrogens with zero attached hydrogens (tertiary/aromatic N) is 2. The van der Waals surface area contributed by atoms with E-state index in [4.69, 9.17) is 0 Å². The molecule has 0 aliphatic rings. The molecule has 11 aromatic rings. The van der Waals surface area contributed by atoms with E-state index in [2.05, 4.69) is 240 Å². The lowest BCUT2D eigenvalue weighted by molar-refractivity contribution is 1.18. The average molecular weight is 739 g/mol. The van der Waals surface area contributed by atoms with Crippen molar-refractivity contribution in [1.82, 2.24) is 4.57 Å². The summed E-state index contributed by atoms with van der Waals surface area (Å²) in [6, 6.07) is 83.7. The van der Waals surface area contributed by atoms with E-state index >= 15 is 0 Å². The highest BCUT2D eigenvalue weighted by Crippen LogP contribution is 2.45. The summed E-state index contributed by atoms with van der Waals surface area (Å²) in [4.78, 5) is 2.44. The predicted molar refractivity (Wildman–Crippen MR) is 247 cm³/mol. The van der Waals surface area contributed by atoms with Gasteiger partial charge in [0, 0.05) is 33.2 Å². The van der Waals surface area contributed by atoms with E-state index in [0.29, 0.717) is 0 Å². The Morgan fingerprint density at radius 2 is 0.845 bits per heavy atom. The SMILES string of the molecule is c1ccc(-c2ccc(-c3ccc(N(c4ccc5c(c4)c4ccccc4n5-c4ccccc4)c4cc5ccccc5c5ccccc45)cc3)cc2-c2ccccc2)cc1. The number of benzene rings is 10. The lowest BCUT2D eigenvalue weighted by Crippen LogP contribution is -2.10. The zero-order chi connectivity index (χ0) is 38.4. The number of rotatable bonds is 7. The van der Waals surface area contributed by atoms with Gasteiger partial charge in [0.2, 0.25) is 0 Å². The van der Waals surface area contributed by atoms with Crippen molar-refractivity contribution in [1.29, 1.82) is 0 Å². The molecular formula is C56H38N2. The third-order valence-electron chi connectivity index (χ3n) is 11.6. The zero-order valence-corrected chi connectivity index (χ0v) is 31.8. The quantitative estimate of drug-likeness (QED) is 0.148. The normalized spacial score (nSPS) is 11.4. The predicted octanol–water partition coefficient (Wildman–Crippen LogP) is 15.6. The van der Waals surface area contributed by atoms with E-state index in [0.717, 1.165) is 22.7 Å². The summed E-state index contributed by atoms with van der Waals surface area (Å²) in [5.41, 5.74) is 14.1. The summed E-state index contributed by atoms with van der Waals surface area (Å²) in [5.74, 6) is 0. The van der Waals surface area contributed by atoms with Gasteiger partial charge in [-0.15, -0.1) is 0 Å². The van der Waals surface area contributed by atoms with Gasteiger partial charge in [0.05, 0.1) is 16.7 Å². The second-order valence-electron chi connectivity index (χ2n) is 14.9. The molecule has 0 saturated heterocycles. The van der Waals surface area contributed by atoms with Crippen LogP contribution in [0, 0.1) is 0 Å². The van der Waals surface area contributed by atoms with Crippen molar-refractivity contribution >= 4 is 60.4 Å². The molecule has 0 fully saturated rings. The first-order chi connectivity index (χ1) is 28.8. The molecule has 0 amide bonds. The van der Waals surface area contributed by atoms with Gasteiger partial charge in [-0.1, -0.05) is 170 Å². The first-order valence-corrected chi connectivity index (χ1v) is 19.9. The standard InChI is InChI=1S/C56H38N2/c1-4-16-40(17-5-1)48-34-30-42(36-52(48)41-18-6-2-7-19-41)39-28-31-45(32-29-39)57(56-37-43-20-10-11-23-47(43)49-24-12-13-25-50(49)56)46-33-35-55-53(38-46)51-26-14-15-27-54(51)58(55)44-21-8-3-9-22-44/h1-38H. The molecule has 11 rings (SSSR count). The van der Waals surface area contributed by atoms with E-state index in [9.17, 15) is 0 Å². The van der Waals surface area contributed by atoms with Crippen LogP contribution in [0.4, 0.5) is 17.1 Å². The van der Waals surface area contributed by atoms with Crippen LogP contribution < -0.4 is 4.90 Å². The molecule has 0 bridgehead atoms. The van der Waals surface area contributed by atoms with E-state index in [1.807, 2.05) is 0 Å². The summed E-state index contributed by atoms with van der Waals surface area (Å²) in [6.45, 7) is 0. The molecule has 1 heterocycles. The van der Waals surface area contributed by atoms with Gasteiger partial charge in [0.15, 0.2) is 0 Å². The zero-order valence-electron chi connectivity index (χ0n) is 31.8. The molecule has 0 saturated carbocycles. The van der Waals surface area contributed by atoms with E-state index in [1.54, 1.807) is 0 Å².